The summed E-state index contributed by atoms with van der Waals surface area (Å²) in [5, 5.41) is 3.10. The van der Waals surface area contributed by atoms with Gasteiger partial charge in [-0.05, 0) is 47.2 Å². The summed E-state index contributed by atoms with van der Waals surface area (Å²) in [4.78, 5) is 10.1. The highest BCUT2D eigenvalue weighted by Crippen LogP contribution is 2.28. The van der Waals surface area contributed by atoms with Gasteiger partial charge in [0.1, 0.15) is 10.8 Å². The van der Waals surface area contributed by atoms with Gasteiger partial charge < -0.3 is 0 Å². The number of nitrogens with zero attached hydrogens (tertiary/aromatic N) is 2. The van der Waals surface area contributed by atoms with Crippen LogP contribution >= 0.6 is 11.8 Å². The van der Waals surface area contributed by atoms with Gasteiger partial charge in [-0.25, -0.2) is 9.37 Å². The molecule has 0 saturated heterocycles. The van der Waals surface area contributed by atoms with Gasteiger partial charge in [0.25, 0.3) is 0 Å². The maximum Gasteiger partial charge on any atom is 0.123 e. The lowest BCUT2D eigenvalue weighted by Gasteiger charge is -2.04. The standard InChI is InChI=1S/C18H11FN2S/c19-14-5-7-15(8-6-14)22-18-11-20-16-9-12-3-1-2-4-13(12)10-17(16)21-18/h1-11H. The number of halogens is 1. The van der Waals surface area contributed by atoms with Crippen molar-refractivity contribution >= 4 is 33.6 Å². The van der Waals surface area contributed by atoms with Crippen LogP contribution in [0.15, 0.2) is 76.8 Å². The smallest absolute Gasteiger partial charge is 0.123 e. The van der Waals surface area contributed by atoms with Gasteiger partial charge in [-0.15, -0.1) is 0 Å². The number of benzene rings is 3. The van der Waals surface area contributed by atoms with Crippen LogP contribution in [0.4, 0.5) is 4.39 Å². The predicted molar refractivity (Wildman–Crippen MR) is 87.6 cm³/mol. The van der Waals surface area contributed by atoms with Crippen molar-refractivity contribution in [3.8, 4) is 0 Å². The third-order valence-corrected chi connectivity index (χ3v) is 4.34. The minimum Gasteiger partial charge on any atom is -0.252 e. The van der Waals surface area contributed by atoms with Crippen LogP contribution in [0.25, 0.3) is 21.8 Å². The predicted octanol–water partition coefficient (Wildman–Crippen LogP) is 5.07. The summed E-state index contributed by atoms with van der Waals surface area (Å²) in [6, 6.07) is 18.6. The summed E-state index contributed by atoms with van der Waals surface area (Å²) in [5.41, 5.74) is 1.74. The van der Waals surface area contributed by atoms with Crippen molar-refractivity contribution in [2.75, 3.05) is 0 Å². The fourth-order valence-corrected chi connectivity index (χ4v) is 3.12. The van der Waals surface area contributed by atoms with Gasteiger partial charge in [-0.2, -0.15) is 0 Å². The third kappa shape index (κ3) is 2.53. The van der Waals surface area contributed by atoms with Crippen LogP contribution in [-0.2, 0) is 0 Å². The van der Waals surface area contributed by atoms with E-state index in [0.29, 0.717) is 0 Å². The van der Waals surface area contributed by atoms with Crippen LogP contribution in [-0.4, -0.2) is 9.97 Å². The van der Waals surface area contributed by atoms with E-state index in [2.05, 4.69) is 22.1 Å². The van der Waals surface area contributed by atoms with Crippen molar-refractivity contribution in [3.63, 3.8) is 0 Å². The Morgan fingerprint density at radius 1 is 0.818 bits per heavy atom. The van der Waals surface area contributed by atoms with E-state index in [1.54, 1.807) is 18.3 Å². The maximum atomic E-state index is 12.9. The average Bonchev–Trinajstić information content (AvgIpc) is 2.55. The zero-order valence-electron chi connectivity index (χ0n) is 11.5. The lowest BCUT2D eigenvalue weighted by atomic mass is 10.1. The molecule has 0 radical (unpaired) electrons. The Morgan fingerprint density at radius 2 is 1.50 bits per heavy atom. The van der Waals surface area contributed by atoms with E-state index < -0.39 is 0 Å². The van der Waals surface area contributed by atoms with Crippen LogP contribution in [0.5, 0.6) is 0 Å². The fraction of sp³-hybridized carbons (Fsp3) is 0. The fourth-order valence-electron chi connectivity index (χ4n) is 2.35. The molecule has 0 unspecified atom stereocenters. The Morgan fingerprint density at radius 3 is 2.23 bits per heavy atom. The number of hydrogen-bond acceptors (Lipinski definition) is 3. The number of aromatic nitrogens is 2. The van der Waals surface area contributed by atoms with Gasteiger partial charge in [-0.3, -0.25) is 4.98 Å². The molecule has 0 atom stereocenters. The molecule has 4 rings (SSSR count). The molecule has 4 heteroatoms. The normalized spacial score (nSPS) is 11.1. The van der Waals surface area contributed by atoms with Crippen LogP contribution in [0.1, 0.15) is 0 Å². The van der Waals surface area contributed by atoms with Gasteiger partial charge in [0.05, 0.1) is 17.2 Å². The highest BCUT2D eigenvalue weighted by atomic mass is 32.2. The molecule has 0 aliphatic heterocycles. The Hall–Kier alpha value is -2.46. The van der Waals surface area contributed by atoms with Gasteiger partial charge in [0.15, 0.2) is 0 Å². The first-order valence-electron chi connectivity index (χ1n) is 6.87. The summed E-state index contributed by atoms with van der Waals surface area (Å²) in [6.07, 6.45) is 1.76. The van der Waals surface area contributed by atoms with Crippen molar-refractivity contribution in [1.29, 1.82) is 0 Å². The lowest BCUT2D eigenvalue weighted by Crippen LogP contribution is -1.87. The molecule has 2 nitrogen and oxygen atoms in total. The van der Waals surface area contributed by atoms with E-state index in [9.17, 15) is 4.39 Å². The largest absolute Gasteiger partial charge is 0.252 e. The molecular formula is C18H11FN2S. The quantitative estimate of drug-likeness (QED) is 0.483. The van der Waals surface area contributed by atoms with E-state index in [1.807, 2.05) is 24.3 Å². The maximum absolute atomic E-state index is 12.9. The summed E-state index contributed by atoms with van der Waals surface area (Å²) in [5.74, 6) is -0.236. The summed E-state index contributed by atoms with van der Waals surface area (Å²) in [7, 11) is 0. The van der Waals surface area contributed by atoms with Crippen molar-refractivity contribution in [1.82, 2.24) is 9.97 Å². The molecule has 0 amide bonds. The van der Waals surface area contributed by atoms with Crippen molar-refractivity contribution in [2.45, 2.75) is 9.92 Å². The van der Waals surface area contributed by atoms with Gasteiger partial charge >= 0.3 is 0 Å². The van der Waals surface area contributed by atoms with Crippen LogP contribution in [0.3, 0.4) is 0 Å². The Labute approximate surface area is 131 Å². The van der Waals surface area contributed by atoms with Crippen LogP contribution < -0.4 is 0 Å². The first kappa shape index (κ1) is 13.2. The molecule has 0 saturated carbocycles. The molecule has 22 heavy (non-hydrogen) atoms. The van der Waals surface area contributed by atoms with Crippen LogP contribution in [0.2, 0.25) is 0 Å². The lowest BCUT2D eigenvalue weighted by molar-refractivity contribution is 0.626. The van der Waals surface area contributed by atoms with E-state index >= 15 is 0 Å². The molecule has 0 N–H and O–H groups in total. The second kappa shape index (κ2) is 5.39. The number of hydrogen-bond donors (Lipinski definition) is 0. The monoisotopic (exact) mass is 306 g/mol. The molecule has 1 aromatic heterocycles. The first-order chi connectivity index (χ1) is 10.8. The minimum atomic E-state index is -0.236. The Balaban J connectivity index is 1.76. The van der Waals surface area contributed by atoms with Gasteiger partial charge in [0.2, 0.25) is 0 Å². The molecule has 106 valence electrons. The molecule has 0 fully saturated rings. The molecule has 4 aromatic rings. The van der Waals surface area contributed by atoms with E-state index in [0.717, 1.165) is 31.7 Å². The first-order valence-corrected chi connectivity index (χ1v) is 7.68. The summed E-state index contributed by atoms with van der Waals surface area (Å²) >= 11 is 1.48. The highest BCUT2D eigenvalue weighted by Gasteiger charge is 2.04. The van der Waals surface area contributed by atoms with E-state index in [-0.39, 0.29) is 5.82 Å². The zero-order chi connectivity index (χ0) is 14.9. The summed E-state index contributed by atoms with van der Waals surface area (Å²) < 4.78 is 12.9. The van der Waals surface area contributed by atoms with E-state index in [1.165, 1.54) is 23.9 Å². The van der Waals surface area contributed by atoms with Crippen molar-refractivity contribution < 1.29 is 4.39 Å². The molecule has 0 spiro atoms. The van der Waals surface area contributed by atoms with Crippen molar-refractivity contribution in [2.24, 2.45) is 0 Å². The zero-order valence-corrected chi connectivity index (χ0v) is 12.3. The molecule has 0 aliphatic carbocycles. The minimum absolute atomic E-state index is 0.236. The molecule has 1 heterocycles. The van der Waals surface area contributed by atoms with Crippen molar-refractivity contribution in [3.05, 3.63) is 72.7 Å². The second-order valence-electron chi connectivity index (χ2n) is 4.95. The molecule has 0 aliphatic rings. The second-order valence-corrected chi connectivity index (χ2v) is 6.05. The third-order valence-electron chi connectivity index (χ3n) is 3.42. The van der Waals surface area contributed by atoms with Crippen LogP contribution in [0, 0.1) is 5.82 Å². The average molecular weight is 306 g/mol. The number of rotatable bonds is 2. The summed E-state index contributed by atoms with van der Waals surface area (Å²) in [6.45, 7) is 0. The molecule has 3 aromatic carbocycles. The Bertz CT molecular complexity index is 967. The molecular weight excluding hydrogens is 295 g/mol. The molecule has 0 bridgehead atoms. The highest BCUT2D eigenvalue weighted by molar-refractivity contribution is 7.99. The number of fused-ring (bicyclic) bond motifs is 2. The van der Waals surface area contributed by atoms with E-state index in [4.69, 9.17) is 0 Å². The van der Waals surface area contributed by atoms with Gasteiger partial charge in [0, 0.05) is 4.90 Å². The van der Waals surface area contributed by atoms with Gasteiger partial charge in [-0.1, -0.05) is 36.0 Å². The Kier molecular flexibility index (Phi) is 3.24. The topological polar surface area (TPSA) is 25.8 Å². The SMILES string of the molecule is Fc1ccc(Sc2cnc3cc4ccccc4cc3n2)cc1.